The van der Waals surface area contributed by atoms with Gasteiger partial charge in [0.15, 0.2) is 0 Å². The van der Waals surface area contributed by atoms with Crippen molar-refractivity contribution in [2.45, 2.75) is 0 Å². The summed E-state index contributed by atoms with van der Waals surface area (Å²) in [4.78, 5) is 0. The minimum Gasteiger partial charge on any atom is -0.0622 e. The van der Waals surface area contributed by atoms with Crippen LogP contribution >= 0.6 is 0 Å². The number of fused-ring (bicyclic) bond motifs is 10. The van der Waals surface area contributed by atoms with Gasteiger partial charge < -0.3 is 0 Å². The largest absolute Gasteiger partial charge is 0.0622 e. The van der Waals surface area contributed by atoms with Crippen LogP contribution in [0.4, 0.5) is 0 Å². The molecule has 0 aliphatic heterocycles. The third kappa shape index (κ3) is 4.89. The van der Waals surface area contributed by atoms with Crippen molar-refractivity contribution in [2.75, 3.05) is 0 Å². The molecule has 0 heteroatoms. The first-order valence-corrected chi connectivity index (χ1v) is 20.2. The van der Waals surface area contributed by atoms with Crippen LogP contribution in [0.25, 0.3) is 120 Å². The Morgan fingerprint density at radius 2 is 0.621 bits per heavy atom. The van der Waals surface area contributed by atoms with Crippen molar-refractivity contribution in [3.05, 3.63) is 218 Å². The van der Waals surface area contributed by atoms with Gasteiger partial charge in [-0.05, 0) is 126 Å². The Bertz CT molecular complexity index is 3590. The second-order valence-corrected chi connectivity index (χ2v) is 15.5. The van der Waals surface area contributed by atoms with Crippen molar-refractivity contribution in [3.63, 3.8) is 0 Å². The second kappa shape index (κ2) is 13.0. The maximum atomic E-state index is 2.49. The molecule has 0 saturated heterocycles. The van der Waals surface area contributed by atoms with Crippen molar-refractivity contribution in [2.24, 2.45) is 0 Å². The molecule has 268 valence electrons. The molecular formula is C58H36. The standard InChI is InChI=1S/C58H36/c1-3-19-40(20-4-1)53-48-28-14-13-27-46(48)52-36-42(32-33-49(52)54(53)41-21-5-2-6-22-41)55-50-34-30-39-18-9-12-26-45(39)57(50)58(47-29-15-23-37-16-7-10-24-43(37)47)51-35-31-38-17-8-11-25-44(38)56(51)55/h1-36H. The van der Waals surface area contributed by atoms with Crippen LogP contribution < -0.4 is 0 Å². The third-order valence-corrected chi connectivity index (χ3v) is 12.4. The summed E-state index contributed by atoms with van der Waals surface area (Å²) in [5.74, 6) is 0. The molecule has 0 heterocycles. The zero-order chi connectivity index (χ0) is 38.2. The first-order chi connectivity index (χ1) is 28.8. The van der Waals surface area contributed by atoms with Gasteiger partial charge in [-0.15, -0.1) is 0 Å². The molecule has 0 radical (unpaired) electrons. The quantitative estimate of drug-likeness (QED) is 0.125. The molecule has 0 unspecified atom stereocenters. The van der Waals surface area contributed by atoms with Gasteiger partial charge in [-0.25, -0.2) is 0 Å². The van der Waals surface area contributed by atoms with Crippen LogP contribution in [0.1, 0.15) is 0 Å². The van der Waals surface area contributed by atoms with E-state index in [0.717, 1.165) is 0 Å². The first kappa shape index (κ1) is 32.7. The van der Waals surface area contributed by atoms with E-state index < -0.39 is 0 Å². The molecule has 0 saturated carbocycles. The molecule has 0 aliphatic rings. The van der Waals surface area contributed by atoms with Crippen molar-refractivity contribution in [1.82, 2.24) is 0 Å². The summed E-state index contributed by atoms with van der Waals surface area (Å²) < 4.78 is 0. The van der Waals surface area contributed by atoms with Gasteiger partial charge in [-0.1, -0.05) is 212 Å². The van der Waals surface area contributed by atoms with Crippen LogP contribution in [-0.4, -0.2) is 0 Å². The minimum absolute atomic E-state index is 1.22. The van der Waals surface area contributed by atoms with Gasteiger partial charge in [0, 0.05) is 0 Å². The molecule has 12 rings (SSSR count). The van der Waals surface area contributed by atoms with Gasteiger partial charge in [0.25, 0.3) is 0 Å². The molecule has 0 aliphatic carbocycles. The van der Waals surface area contributed by atoms with E-state index in [2.05, 4.69) is 218 Å². The van der Waals surface area contributed by atoms with E-state index in [1.165, 1.54) is 120 Å². The van der Waals surface area contributed by atoms with E-state index in [0.29, 0.717) is 0 Å². The topological polar surface area (TPSA) is 0 Å². The average molecular weight is 733 g/mol. The lowest BCUT2D eigenvalue weighted by Crippen LogP contribution is -1.95. The lowest BCUT2D eigenvalue weighted by molar-refractivity contribution is 1.63. The molecule has 58 heavy (non-hydrogen) atoms. The summed E-state index contributed by atoms with van der Waals surface area (Å²) in [6.45, 7) is 0. The molecule has 12 aromatic rings. The monoisotopic (exact) mass is 732 g/mol. The van der Waals surface area contributed by atoms with Gasteiger partial charge in [0.1, 0.15) is 0 Å². The van der Waals surface area contributed by atoms with Gasteiger partial charge in [0.05, 0.1) is 0 Å². The molecule has 0 fully saturated rings. The smallest absolute Gasteiger partial charge is 0.00137 e. The number of benzene rings is 12. The molecule has 0 atom stereocenters. The highest BCUT2D eigenvalue weighted by atomic mass is 14.3. The molecule has 0 spiro atoms. The Balaban J connectivity index is 1.29. The Hall–Kier alpha value is -7.54. The van der Waals surface area contributed by atoms with Gasteiger partial charge >= 0.3 is 0 Å². The minimum atomic E-state index is 1.22. The van der Waals surface area contributed by atoms with Crippen molar-refractivity contribution in [3.8, 4) is 44.5 Å². The number of hydrogen-bond donors (Lipinski definition) is 0. The van der Waals surface area contributed by atoms with E-state index in [-0.39, 0.29) is 0 Å². The second-order valence-electron chi connectivity index (χ2n) is 15.5. The molecule has 0 aromatic heterocycles. The van der Waals surface area contributed by atoms with Gasteiger partial charge in [-0.2, -0.15) is 0 Å². The zero-order valence-electron chi connectivity index (χ0n) is 31.8. The van der Waals surface area contributed by atoms with Gasteiger partial charge in [0.2, 0.25) is 0 Å². The molecule has 0 amide bonds. The zero-order valence-corrected chi connectivity index (χ0v) is 31.8. The molecule has 0 nitrogen and oxygen atoms in total. The van der Waals surface area contributed by atoms with Gasteiger partial charge in [-0.3, -0.25) is 0 Å². The lowest BCUT2D eigenvalue weighted by Gasteiger charge is -2.23. The Labute approximate surface area is 336 Å². The van der Waals surface area contributed by atoms with Crippen molar-refractivity contribution >= 4 is 75.4 Å². The number of rotatable bonds is 4. The van der Waals surface area contributed by atoms with Crippen LogP contribution in [0.2, 0.25) is 0 Å². The SMILES string of the molecule is c1ccc(-c2c(-c3ccccc3)c3ccc(-c4c5ccc6ccccc6c5c(-c5cccc6ccccc56)c5ccc6ccccc6c45)cc3c3ccccc23)cc1. The van der Waals surface area contributed by atoms with Crippen molar-refractivity contribution in [1.29, 1.82) is 0 Å². The highest BCUT2D eigenvalue weighted by molar-refractivity contribution is 6.34. The summed E-state index contributed by atoms with van der Waals surface area (Å²) in [6.07, 6.45) is 0. The van der Waals surface area contributed by atoms with Crippen molar-refractivity contribution < 1.29 is 0 Å². The summed E-state index contributed by atoms with van der Waals surface area (Å²) in [5, 5.41) is 17.7. The van der Waals surface area contributed by atoms with Crippen LogP contribution in [0.15, 0.2) is 218 Å². The highest BCUT2D eigenvalue weighted by Gasteiger charge is 2.23. The van der Waals surface area contributed by atoms with Crippen LogP contribution in [0, 0.1) is 0 Å². The summed E-state index contributed by atoms with van der Waals surface area (Å²) >= 11 is 0. The third-order valence-electron chi connectivity index (χ3n) is 12.4. The fourth-order valence-electron chi connectivity index (χ4n) is 9.95. The number of hydrogen-bond acceptors (Lipinski definition) is 0. The predicted molar refractivity (Wildman–Crippen MR) is 251 cm³/mol. The average Bonchev–Trinajstić information content (AvgIpc) is 3.30. The predicted octanol–water partition coefficient (Wildman–Crippen LogP) is 16.4. The van der Waals surface area contributed by atoms with E-state index in [1.807, 2.05) is 0 Å². The first-order valence-electron chi connectivity index (χ1n) is 20.2. The van der Waals surface area contributed by atoms with E-state index >= 15 is 0 Å². The van der Waals surface area contributed by atoms with Crippen LogP contribution in [-0.2, 0) is 0 Å². The molecule has 12 aromatic carbocycles. The summed E-state index contributed by atoms with van der Waals surface area (Å²) in [7, 11) is 0. The Kier molecular flexibility index (Phi) is 7.33. The fourth-order valence-corrected chi connectivity index (χ4v) is 9.95. The molecule has 0 bridgehead atoms. The van der Waals surface area contributed by atoms with Crippen LogP contribution in [0.3, 0.4) is 0 Å². The van der Waals surface area contributed by atoms with E-state index in [1.54, 1.807) is 0 Å². The fraction of sp³-hybridized carbons (Fsp3) is 0. The Morgan fingerprint density at radius 3 is 1.24 bits per heavy atom. The summed E-state index contributed by atoms with van der Waals surface area (Å²) in [6, 6.07) is 81.0. The maximum absolute atomic E-state index is 2.49. The molecular weight excluding hydrogens is 697 g/mol. The lowest BCUT2D eigenvalue weighted by atomic mass is 9.80. The Morgan fingerprint density at radius 1 is 0.190 bits per heavy atom. The highest BCUT2D eigenvalue weighted by Crippen LogP contribution is 2.51. The maximum Gasteiger partial charge on any atom is -0.00137 e. The summed E-state index contributed by atoms with van der Waals surface area (Å²) in [5.41, 5.74) is 10.0. The van der Waals surface area contributed by atoms with E-state index in [4.69, 9.17) is 0 Å². The molecule has 0 N–H and O–H groups in total. The van der Waals surface area contributed by atoms with Crippen LogP contribution in [0.5, 0.6) is 0 Å². The van der Waals surface area contributed by atoms with E-state index in [9.17, 15) is 0 Å². The normalized spacial score (nSPS) is 11.8.